The first kappa shape index (κ1) is 17.4. The number of benzene rings is 2. The Kier molecular flexibility index (Phi) is 5.31. The van der Waals surface area contributed by atoms with E-state index in [1.807, 2.05) is 0 Å². The van der Waals surface area contributed by atoms with E-state index in [9.17, 15) is 9.90 Å². The molecule has 0 fully saturated rings. The van der Waals surface area contributed by atoms with Crippen molar-refractivity contribution < 1.29 is 14.3 Å². The summed E-state index contributed by atoms with van der Waals surface area (Å²) >= 11 is 12.2. The first-order valence-electron chi connectivity index (χ1n) is 7.58. The maximum Gasteiger partial charge on any atom is 0.256 e. The SMILES string of the molecule is O=C(c1ccccc1Cl)N(Cc1ccco1)Cc1cc(Cl)ccc1O. The average molecular weight is 376 g/mol. The summed E-state index contributed by atoms with van der Waals surface area (Å²) < 4.78 is 5.36. The summed E-state index contributed by atoms with van der Waals surface area (Å²) in [5.41, 5.74) is 0.928. The monoisotopic (exact) mass is 375 g/mol. The van der Waals surface area contributed by atoms with Gasteiger partial charge in [-0.05, 0) is 42.5 Å². The highest BCUT2D eigenvalue weighted by Gasteiger charge is 2.21. The Morgan fingerprint density at radius 3 is 2.56 bits per heavy atom. The highest BCUT2D eigenvalue weighted by molar-refractivity contribution is 6.33. The highest BCUT2D eigenvalue weighted by Crippen LogP contribution is 2.26. The summed E-state index contributed by atoms with van der Waals surface area (Å²) in [6.07, 6.45) is 1.55. The lowest BCUT2D eigenvalue weighted by Crippen LogP contribution is -2.30. The summed E-state index contributed by atoms with van der Waals surface area (Å²) in [6.45, 7) is 0.403. The van der Waals surface area contributed by atoms with Crippen molar-refractivity contribution in [2.45, 2.75) is 13.1 Å². The van der Waals surface area contributed by atoms with E-state index in [1.165, 1.54) is 6.07 Å². The van der Waals surface area contributed by atoms with Crippen molar-refractivity contribution in [3.8, 4) is 5.75 Å². The summed E-state index contributed by atoms with van der Waals surface area (Å²) in [6, 6.07) is 15.1. The predicted octanol–water partition coefficient (Wildman–Crippen LogP) is 5.13. The number of phenols is 1. The molecule has 128 valence electrons. The second-order valence-electron chi connectivity index (χ2n) is 5.49. The predicted molar refractivity (Wildman–Crippen MR) is 96.9 cm³/mol. The van der Waals surface area contributed by atoms with Crippen LogP contribution in [-0.2, 0) is 13.1 Å². The van der Waals surface area contributed by atoms with Crippen molar-refractivity contribution >= 4 is 29.1 Å². The van der Waals surface area contributed by atoms with Crippen molar-refractivity contribution in [2.75, 3.05) is 0 Å². The highest BCUT2D eigenvalue weighted by atomic mass is 35.5. The maximum atomic E-state index is 13.0. The van der Waals surface area contributed by atoms with Gasteiger partial charge in [-0.25, -0.2) is 0 Å². The molecule has 0 bridgehead atoms. The first-order valence-corrected chi connectivity index (χ1v) is 8.34. The molecular formula is C19H15Cl2NO3. The molecule has 0 atom stereocenters. The number of rotatable bonds is 5. The van der Waals surface area contributed by atoms with Crippen LogP contribution in [-0.4, -0.2) is 15.9 Å². The van der Waals surface area contributed by atoms with Crippen LogP contribution in [0, 0.1) is 0 Å². The van der Waals surface area contributed by atoms with Gasteiger partial charge in [-0.1, -0.05) is 35.3 Å². The Morgan fingerprint density at radius 1 is 1.04 bits per heavy atom. The average Bonchev–Trinajstić information content (AvgIpc) is 3.10. The van der Waals surface area contributed by atoms with E-state index in [0.29, 0.717) is 26.9 Å². The van der Waals surface area contributed by atoms with Crippen LogP contribution in [0.5, 0.6) is 5.75 Å². The van der Waals surface area contributed by atoms with Gasteiger partial charge in [0.1, 0.15) is 11.5 Å². The van der Waals surface area contributed by atoms with E-state index in [1.54, 1.807) is 59.7 Å². The van der Waals surface area contributed by atoms with Gasteiger partial charge in [-0.15, -0.1) is 0 Å². The second kappa shape index (κ2) is 7.64. The van der Waals surface area contributed by atoms with Crippen molar-refractivity contribution in [2.24, 2.45) is 0 Å². The number of carbonyl (C=O) groups excluding carboxylic acids is 1. The normalized spacial score (nSPS) is 10.6. The van der Waals surface area contributed by atoms with E-state index in [-0.39, 0.29) is 24.7 Å². The van der Waals surface area contributed by atoms with Gasteiger partial charge >= 0.3 is 0 Å². The largest absolute Gasteiger partial charge is 0.508 e. The van der Waals surface area contributed by atoms with Gasteiger partial charge in [0.25, 0.3) is 5.91 Å². The third-order valence-corrected chi connectivity index (χ3v) is 4.29. The van der Waals surface area contributed by atoms with Gasteiger partial charge in [0.05, 0.1) is 29.9 Å². The third-order valence-electron chi connectivity index (χ3n) is 3.72. The topological polar surface area (TPSA) is 53.7 Å². The molecule has 1 amide bonds. The smallest absolute Gasteiger partial charge is 0.256 e. The lowest BCUT2D eigenvalue weighted by atomic mass is 10.1. The number of furan rings is 1. The number of hydrogen-bond donors (Lipinski definition) is 1. The molecular weight excluding hydrogens is 361 g/mol. The van der Waals surface area contributed by atoms with Crippen LogP contribution in [0.3, 0.4) is 0 Å². The fourth-order valence-electron chi connectivity index (χ4n) is 2.48. The van der Waals surface area contributed by atoms with Crippen molar-refractivity contribution in [1.29, 1.82) is 0 Å². The molecule has 0 aliphatic heterocycles. The van der Waals surface area contributed by atoms with Gasteiger partial charge in [0, 0.05) is 10.6 Å². The molecule has 0 aliphatic rings. The zero-order chi connectivity index (χ0) is 17.8. The van der Waals surface area contributed by atoms with E-state index in [4.69, 9.17) is 27.6 Å². The van der Waals surface area contributed by atoms with Crippen LogP contribution < -0.4 is 0 Å². The van der Waals surface area contributed by atoms with Gasteiger partial charge in [-0.3, -0.25) is 4.79 Å². The molecule has 3 rings (SSSR count). The zero-order valence-corrected chi connectivity index (χ0v) is 14.7. The molecule has 1 N–H and O–H groups in total. The number of amides is 1. The van der Waals surface area contributed by atoms with Crippen LogP contribution in [0.15, 0.2) is 65.3 Å². The van der Waals surface area contributed by atoms with E-state index >= 15 is 0 Å². The van der Waals surface area contributed by atoms with Gasteiger partial charge in [0.15, 0.2) is 0 Å². The number of nitrogens with zero attached hydrogens (tertiary/aromatic N) is 1. The minimum Gasteiger partial charge on any atom is -0.508 e. The maximum absolute atomic E-state index is 13.0. The van der Waals surface area contributed by atoms with Crippen LogP contribution in [0.25, 0.3) is 0 Å². The van der Waals surface area contributed by atoms with E-state index in [2.05, 4.69) is 0 Å². The molecule has 1 aromatic heterocycles. The Balaban J connectivity index is 1.93. The fraction of sp³-hybridized carbons (Fsp3) is 0.105. The Bertz CT molecular complexity index is 878. The molecule has 0 saturated carbocycles. The lowest BCUT2D eigenvalue weighted by Gasteiger charge is -2.23. The van der Waals surface area contributed by atoms with Gasteiger partial charge in [0.2, 0.25) is 0 Å². The molecule has 0 radical (unpaired) electrons. The summed E-state index contributed by atoms with van der Waals surface area (Å²) in [7, 11) is 0. The van der Waals surface area contributed by atoms with Gasteiger partial charge < -0.3 is 14.4 Å². The molecule has 0 spiro atoms. The molecule has 25 heavy (non-hydrogen) atoms. The summed E-state index contributed by atoms with van der Waals surface area (Å²) in [5, 5.41) is 10.9. The molecule has 0 unspecified atom stereocenters. The molecule has 3 aromatic rings. The lowest BCUT2D eigenvalue weighted by molar-refractivity contribution is 0.0717. The van der Waals surface area contributed by atoms with E-state index in [0.717, 1.165) is 0 Å². The van der Waals surface area contributed by atoms with E-state index < -0.39 is 0 Å². The Hall–Kier alpha value is -2.43. The minimum absolute atomic E-state index is 0.0702. The molecule has 2 aromatic carbocycles. The number of hydrogen-bond acceptors (Lipinski definition) is 3. The van der Waals surface area contributed by atoms with Crippen LogP contribution in [0.4, 0.5) is 0 Å². The minimum atomic E-state index is -0.263. The Morgan fingerprint density at radius 2 is 1.84 bits per heavy atom. The van der Waals surface area contributed by atoms with Gasteiger partial charge in [-0.2, -0.15) is 0 Å². The van der Waals surface area contributed by atoms with Crippen molar-refractivity contribution in [3.05, 3.63) is 87.8 Å². The molecule has 6 heteroatoms. The molecule has 4 nitrogen and oxygen atoms in total. The third kappa shape index (κ3) is 4.16. The van der Waals surface area contributed by atoms with Crippen molar-refractivity contribution in [1.82, 2.24) is 4.90 Å². The second-order valence-corrected chi connectivity index (χ2v) is 6.34. The number of phenolic OH excluding ortho intramolecular Hbond substituents is 1. The zero-order valence-electron chi connectivity index (χ0n) is 13.2. The molecule has 0 aliphatic carbocycles. The van der Waals surface area contributed by atoms with Crippen LogP contribution >= 0.6 is 23.2 Å². The number of halogens is 2. The molecule has 0 saturated heterocycles. The number of aromatic hydroxyl groups is 1. The van der Waals surface area contributed by atoms with Crippen molar-refractivity contribution in [3.63, 3.8) is 0 Å². The fourth-order valence-corrected chi connectivity index (χ4v) is 2.89. The number of carbonyl (C=O) groups is 1. The summed E-state index contributed by atoms with van der Waals surface area (Å²) in [5.74, 6) is 0.434. The Labute approximate surface area is 155 Å². The first-order chi connectivity index (χ1) is 12.0. The standard InChI is InChI=1S/C19H15Cl2NO3/c20-14-7-8-18(23)13(10-14)11-22(12-15-4-3-9-25-15)19(24)16-5-1-2-6-17(16)21/h1-10,23H,11-12H2. The quantitative estimate of drug-likeness (QED) is 0.671. The van der Waals surface area contributed by atoms with Crippen LogP contribution in [0.1, 0.15) is 21.7 Å². The summed E-state index contributed by atoms with van der Waals surface area (Å²) in [4.78, 5) is 14.5. The van der Waals surface area contributed by atoms with Crippen LogP contribution in [0.2, 0.25) is 10.0 Å². The molecule has 1 heterocycles.